The van der Waals surface area contributed by atoms with Gasteiger partial charge in [0, 0.05) is 13.1 Å². The van der Waals surface area contributed by atoms with Gasteiger partial charge in [0.2, 0.25) is 5.17 Å². The fourth-order valence-electron chi connectivity index (χ4n) is 3.48. The van der Waals surface area contributed by atoms with Crippen molar-refractivity contribution < 1.29 is 13.6 Å². The molecule has 2 aromatic rings. The lowest BCUT2D eigenvalue weighted by Gasteiger charge is -2.30. The molecular weight excluding hydrogens is 434 g/mol. The zero-order valence-corrected chi connectivity index (χ0v) is 18.5. The van der Waals surface area contributed by atoms with Gasteiger partial charge in [0.25, 0.3) is 5.91 Å². The van der Waals surface area contributed by atoms with E-state index < -0.39 is 5.91 Å². The van der Waals surface area contributed by atoms with Gasteiger partial charge in [-0.15, -0.1) is 5.10 Å². The van der Waals surface area contributed by atoms with Gasteiger partial charge in [-0.05, 0) is 60.9 Å². The second-order valence-corrected chi connectivity index (χ2v) is 9.51. The minimum atomic E-state index is -0.450. The van der Waals surface area contributed by atoms with Crippen LogP contribution < -0.4 is 0 Å². The van der Waals surface area contributed by atoms with Crippen molar-refractivity contribution in [3.63, 3.8) is 0 Å². The molecule has 2 aromatic heterocycles. The third-order valence-electron chi connectivity index (χ3n) is 5.32. The zero-order valence-electron chi connectivity index (χ0n) is 16.9. The summed E-state index contributed by atoms with van der Waals surface area (Å²) < 4.78 is 11.1. The molecule has 3 aliphatic heterocycles. The number of hydrogen-bond donors (Lipinski definition) is 1. The number of amides is 1. The molecule has 5 heterocycles. The largest absolute Gasteiger partial charge is 0.468 e. The lowest BCUT2D eigenvalue weighted by Crippen LogP contribution is -2.36. The van der Waals surface area contributed by atoms with Crippen LogP contribution in [-0.2, 0) is 10.5 Å². The number of nitrogens with zero attached hydrogens (tertiary/aromatic N) is 4. The lowest BCUT2D eigenvalue weighted by molar-refractivity contribution is -0.114. The molecule has 0 atom stereocenters. The van der Waals surface area contributed by atoms with Crippen molar-refractivity contribution in [2.75, 3.05) is 13.1 Å². The Balaban J connectivity index is 1.30. The van der Waals surface area contributed by atoms with E-state index in [0.29, 0.717) is 27.7 Å². The summed E-state index contributed by atoms with van der Waals surface area (Å²) in [5.74, 6) is 2.28. The highest BCUT2D eigenvalue weighted by Crippen LogP contribution is 2.32. The predicted octanol–water partition coefficient (Wildman–Crippen LogP) is 4.47. The van der Waals surface area contributed by atoms with Gasteiger partial charge in [-0.2, -0.15) is 10.0 Å². The molecule has 0 aromatic carbocycles. The minimum absolute atomic E-state index is 0.0177. The molecule has 8 nitrogen and oxygen atoms in total. The predicted molar refractivity (Wildman–Crippen MR) is 122 cm³/mol. The van der Waals surface area contributed by atoms with E-state index in [1.54, 1.807) is 18.4 Å². The van der Waals surface area contributed by atoms with Gasteiger partial charge in [0.1, 0.15) is 11.5 Å². The third kappa shape index (κ3) is 4.22. The monoisotopic (exact) mass is 455 g/mol. The van der Waals surface area contributed by atoms with Crippen molar-refractivity contribution in [2.45, 2.75) is 30.6 Å². The minimum Gasteiger partial charge on any atom is -0.468 e. The summed E-state index contributed by atoms with van der Waals surface area (Å²) >= 11 is 2.85. The molecule has 0 bridgehead atoms. The normalized spacial score (nSPS) is 21.0. The summed E-state index contributed by atoms with van der Waals surface area (Å²) in [6.07, 6.45) is 5.43. The van der Waals surface area contributed by atoms with Crippen LogP contribution in [0.15, 0.2) is 60.1 Å². The van der Waals surface area contributed by atoms with E-state index in [0.717, 1.165) is 36.9 Å². The molecule has 1 saturated heterocycles. The average molecular weight is 456 g/mol. The second kappa shape index (κ2) is 8.43. The van der Waals surface area contributed by atoms with E-state index >= 15 is 0 Å². The highest BCUT2D eigenvalue weighted by molar-refractivity contribution is 8.26. The fraction of sp³-hybridized carbons (Fsp3) is 0.333. The van der Waals surface area contributed by atoms with Gasteiger partial charge in [-0.1, -0.05) is 18.7 Å². The van der Waals surface area contributed by atoms with Crippen LogP contribution in [0.2, 0.25) is 0 Å². The first kappa shape index (κ1) is 20.2. The van der Waals surface area contributed by atoms with Gasteiger partial charge >= 0.3 is 0 Å². The molecule has 0 radical (unpaired) electrons. The first-order valence-electron chi connectivity index (χ1n) is 10.1. The number of hydrazone groups is 1. The maximum Gasteiger partial charge on any atom is 0.283 e. The number of piperidine rings is 1. The maximum absolute atomic E-state index is 12.6. The zero-order chi connectivity index (χ0) is 21.4. The molecule has 5 rings (SSSR count). The van der Waals surface area contributed by atoms with E-state index in [1.165, 1.54) is 28.5 Å². The Morgan fingerprint density at radius 1 is 1.29 bits per heavy atom. The number of carbonyl (C=O) groups is 1. The molecule has 0 spiro atoms. The number of aliphatic imine (C=N–C) groups is 1. The summed E-state index contributed by atoms with van der Waals surface area (Å²) in [5.41, 5.74) is 0.165. The number of hydrogen-bond acceptors (Lipinski definition) is 8. The number of likely N-dealkylation sites (tertiary alicyclic amines) is 1. The van der Waals surface area contributed by atoms with Crippen molar-refractivity contribution >= 4 is 51.7 Å². The number of carbonyl (C=O) groups excluding carboxylic acids is 1. The Bertz CT molecular complexity index is 1090. The van der Waals surface area contributed by atoms with Crippen molar-refractivity contribution in [1.29, 1.82) is 5.41 Å². The number of furan rings is 2. The SMILES string of the molecule is CC1CCN(C2=NN3C(=N)C(=Cc4ccc(SCc5ccco5)o4)C(=O)N=C3S2)CC1. The molecule has 1 N–H and O–H groups in total. The molecule has 10 heteroatoms. The molecular formula is C21H21N5O3S2. The van der Waals surface area contributed by atoms with E-state index in [-0.39, 0.29) is 11.4 Å². The van der Waals surface area contributed by atoms with Crippen LogP contribution >= 0.6 is 23.5 Å². The Morgan fingerprint density at radius 2 is 2.13 bits per heavy atom. The van der Waals surface area contributed by atoms with E-state index in [2.05, 4.69) is 21.9 Å². The molecule has 0 unspecified atom stereocenters. The molecule has 0 aliphatic carbocycles. The van der Waals surface area contributed by atoms with Crippen LogP contribution in [0.4, 0.5) is 0 Å². The molecule has 3 aliphatic rings. The summed E-state index contributed by atoms with van der Waals surface area (Å²) in [7, 11) is 0. The van der Waals surface area contributed by atoms with Crippen LogP contribution in [-0.4, -0.2) is 45.1 Å². The summed E-state index contributed by atoms with van der Waals surface area (Å²) in [4.78, 5) is 19.0. The third-order valence-corrected chi connectivity index (χ3v) is 7.23. The van der Waals surface area contributed by atoms with E-state index in [9.17, 15) is 4.79 Å². The topological polar surface area (TPSA) is 98.4 Å². The van der Waals surface area contributed by atoms with Crippen molar-refractivity contribution in [3.8, 4) is 0 Å². The van der Waals surface area contributed by atoms with Gasteiger partial charge in [0.15, 0.2) is 16.1 Å². The van der Waals surface area contributed by atoms with Gasteiger partial charge in [-0.3, -0.25) is 10.2 Å². The number of nitrogens with one attached hydrogen (secondary N) is 1. The molecule has 1 fully saturated rings. The highest BCUT2D eigenvalue weighted by atomic mass is 32.2. The Hall–Kier alpha value is -2.72. The fourth-order valence-corrected chi connectivity index (χ4v) is 5.19. The number of rotatable bonds is 4. The van der Waals surface area contributed by atoms with Gasteiger partial charge in [0.05, 0.1) is 17.6 Å². The van der Waals surface area contributed by atoms with Crippen LogP contribution in [0.25, 0.3) is 6.08 Å². The van der Waals surface area contributed by atoms with Crippen molar-refractivity contribution in [3.05, 3.63) is 47.6 Å². The highest BCUT2D eigenvalue weighted by Gasteiger charge is 2.37. The molecule has 1 amide bonds. The number of thioether (sulfide) groups is 2. The van der Waals surface area contributed by atoms with E-state index in [4.69, 9.17) is 14.2 Å². The number of fused-ring (bicyclic) bond motifs is 1. The molecule has 31 heavy (non-hydrogen) atoms. The van der Waals surface area contributed by atoms with Crippen LogP contribution in [0.3, 0.4) is 0 Å². The van der Waals surface area contributed by atoms with Crippen LogP contribution in [0, 0.1) is 11.3 Å². The Kier molecular flexibility index (Phi) is 5.49. The van der Waals surface area contributed by atoms with Gasteiger partial charge in [-0.25, -0.2) is 0 Å². The molecule has 0 saturated carbocycles. The lowest BCUT2D eigenvalue weighted by atomic mass is 10.00. The second-order valence-electron chi connectivity index (χ2n) is 7.60. The smallest absolute Gasteiger partial charge is 0.283 e. The van der Waals surface area contributed by atoms with Crippen LogP contribution in [0.5, 0.6) is 0 Å². The average Bonchev–Trinajstić information content (AvgIpc) is 3.51. The van der Waals surface area contributed by atoms with E-state index in [1.807, 2.05) is 18.2 Å². The van der Waals surface area contributed by atoms with Crippen molar-refractivity contribution in [1.82, 2.24) is 9.91 Å². The van der Waals surface area contributed by atoms with Crippen molar-refractivity contribution in [2.24, 2.45) is 16.0 Å². The summed E-state index contributed by atoms with van der Waals surface area (Å²) in [5, 5.41) is 16.5. The number of amidine groups is 3. The standard InChI is InChI=1S/C21H21N5O3S2/c1-13-6-8-25(9-7-13)21-24-26-18(22)16(19(27)23-20(26)31-21)11-14-4-5-17(29-14)30-12-15-3-2-10-28-15/h2-5,10-11,13,22H,6-9,12H2,1H3. The Morgan fingerprint density at radius 3 is 2.90 bits per heavy atom. The first-order chi connectivity index (χ1) is 15.1. The van der Waals surface area contributed by atoms with Crippen LogP contribution in [0.1, 0.15) is 31.3 Å². The summed E-state index contributed by atoms with van der Waals surface area (Å²) in [6.45, 7) is 4.13. The first-order valence-corrected chi connectivity index (χ1v) is 11.9. The maximum atomic E-state index is 12.6. The summed E-state index contributed by atoms with van der Waals surface area (Å²) in [6, 6.07) is 7.37. The molecule has 160 valence electrons. The van der Waals surface area contributed by atoms with Gasteiger partial charge < -0.3 is 13.7 Å². The Labute approximate surface area is 187 Å². The quantitative estimate of drug-likeness (QED) is 0.536.